The van der Waals surface area contributed by atoms with Crippen LogP contribution in [0.1, 0.15) is 29.9 Å². The first-order valence-corrected chi connectivity index (χ1v) is 8.24. The van der Waals surface area contributed by atoms with Gasteiger partial charge in [0.05, 0.1) is 10.9 Å². The molecule has 0 saturated heterocycles. The number of nitrogens with one attached hydrogen (secondary N) is 2. The van der Waals surface area contributed by atoms with E-state index < -0.39 is 6.04 Å². The van der Waals surface area contributed by atoms with E-state index in [0.717, 1.165) is 11.3 Å². The van der Waals surface area contributed by atoms with Gasteiger partial charge in [-0.05, 0) is 34.3 Å². The first-order valence-electron chi connectivity index (χ1n) is 6.25. The Labute approximate surface area is 140 Å². The van der Waals surface area contributed by atoms with Crippen LogP contribution in [0, 0.1) is 17.2 Å². The molecule has 0 aromatic carbocycles. The second kappa shape index (κ2) is 8.37. The molecule has 1 aromatic heterocycles. The third-order valence-electron chi connectivity index (χ3n) is 2.54. The van der Waals surface area contributed by atoms with Crippen LogP contribution in [0.25, 0.3) is 0 Å². The second-order valence-corrected chi connectivity index (χ2v) is 7.27. The molecule has 1 aromatic rings. The average molecular weight is 393 g/mol. The number of halogens is 2. The molecule has 8 heteroatoms. The molecule has 0 aliphatic heterocycles. The molecule has 0 unspecified atom stereocenters. The van der Waals surface area contributed by atoms with E-state index >= 15 is 0 Å². The summed E-state index contributed by atoms with van der Waals surface area (Å²) in [5.74, 6) is -0.493. The smallest absolute Gasteiger partial charge is 0.262 e. The molecule has 2 N–H and O–H groups in total. The van der Waals surface area contributed by atoms with Gasteiger partial charge in [0, 0.05) is 4.47 Å². The maximum atomic E-state index is 12.2. The van der Waals surface area contributed by atoms with Crippen molar-refractivity contribution in [2.45, 2.75) is 26.3 Å². The van der Waals surface area contributed by atoms with Gasteiger partial charge in [0.1, 0.15) is 16.9 Å². The van der Waals surface area contributed by atoms with E-state index in [1.54, 1.807) is 6.07 Å². The molecule has 2 amide bonds. The van der Waals surface area contributed by atoms with Gasteiger partial charge < -0.3 is 10.6 Å². The first-order chi connectivity index (χ1) is 9.85. The highest BCUT2D eigenvalue weighted by Crippen LogP contribution is 2.31. The summed E-state index contributed by atoms with van der Waals surface area (Å²) >= 11 is 10.3. The zero-order valence-electron chi connectivity index (χ0n) is 11.6. The van der Waals surface area contributed by atoms with Crippen molar-refractivity contribution in [3.63, 3.8) is 0 Å². The fourth-order valence-corrected chi connectivity index (χ4v) is 3.25. The fraction of sp³-hybridized carbons (Fsp3) is 0.462. The van der Waals surface area contributed by atoms with E-state index in [1.807, 2.05) is 19.9 Å². The van der Waals surface area contributed by atoms with Gasteiger partial charge in [0.2, 0.25) is 5.91 Å². The standard InChI is InChI=1S/C13H15BrClN3O2S/c1-7(2)5-9(12(19)17-4-3-16)18-13(20)10-6-8(14)11(15)21-10/h6-7,9H,4-5H2,1-2H3,(H,17,19)(H,18,20)/t9-/m0/s1. The van der Waals surface area contributed by atoms with Crippen LogP contribution in [0.3, 0.4) is 0 Å². The summed E-state index contributed by atoms with van der Waals surface area (Å²) in [4.78, 5) is 24.5. The van der Waals surface area contributed by atoms with Crippen molar-refractivity contribution in [3.8, 4) is 6.07 Å². The minimum absolute atomic E-state index is 0.0837. The predicted molar refractivity (Wildman–Crippen MR) is 86.4 cm³/mol. The lowest BCUT2D eigenvalue weighted by Crippen LogP contribution is -2.47. The van der Waals surface area contributed by atoms with Gasteiger partial charge in [-0.15, -0.1) is 11.3 Å². The van der Waals surface area contributed by atoms with Gasteiger partial charge in [-0.1, -0.05) is 25.4 Å². The number of rotatable bonds is 6. The number of hydrogen-bond donors (Lipinski definition) is 2. The van der Waals surface area contributed by atoms with Crippen LogP contribution in [-0.2, 0) is 4.79 Å². The van der Waals surface area contributed by atoms with Crippen LogP contribution in [0.15, 0.2) is 10.5 Å². The second-order valence-electron chi connectivity index (χ2n) is 4.76. The van der Waals surface area contributed by atoms with Crippen molar-refractivity contribution in [2.75, 3.05) is 6.54 Å². The summed E-state index contributed by atoms with van der Waals surface area (Å²) in [7, 11) is 0. The lowest BCUT2D eigenvalue weighted by atomic mass is 10.0. The Kier molecular flexibility index (Phi) is 7.15. The molecule has 0 radical (unpaired) electrons. The predicted octanol–water partition coefficient (Wildman–Crippen LogP) is 2.95. The Hall–Kier alpha value is -1.10. The van der Waals surface area contributed by atoms with E-state index in [1.165, 1.54) is 0 Å². The lowest BCUT2D eigenvalue weighted by Gasteiger charge is -2.19. The van der Waals surface area contributed by atoms with Crippen LogP contribution >= 0.6 is 38.9 Å². The molecule has 21 heavy (non-hydrogen) atoms. The molecule has 1 heterocycles. The third-order valence-corrected chi connectivity index (χ3v) is 5.01. The van der Waals surface area contributed by atoms with Gasteiger partial charge >= 0.3 is 0 Å². The van der Waals surface area contributed by atoms with Gasteiger partial charge in [0.15, 0.2) is 0 Å². The summed E-state index contributed by atoms with van der Waals surface area (Å²) < 4.78 is 1.13. The molecule has 114 valence electrons. The quantitative estimate of drug-likeness (QED) is 0.730. The number of carbonyl (C=O) groups excluding carboxylic acids is 2. The Morgan fingerprint density at radius 3 is 2.67 bits per heavy atom. The average Bonchev–Trinajstić information content (AvgIpc) is 2.74. The SMILES string of the molecule is CC(C)C[C@H](NC(=O)c1cc(Br)c(Cl)s1)C(=O)NCC#N. The Bertz CT molecular complexity index is 549. The van der Waals surface area contributed by atoms with Crippen molar-refractivity contribution in [2.24, 2.45) is 5.92 Å². The maximum absolute atomic E-state index is 12.2. The van der Waals surface area contributed by atoms with E-state index in [9.17, 15) is 9.59 Å². The lowest BCUT2D eigenvalue weighted by molar-refractivity contribution is -0.123. The number of amides is 2. The van der Waals surface area contributed by atoms with Crippen LogP contribution in [-0.4, -0.2) is 24.4 Å². The molecule has 0 aliphatic rings. The fourth-order valence-electron chi connectivity index (χ4n) is 1.64. The van der Waals surface area contributed by atoms with E-state index in [0.29, 0.717) is 20.1 Å². The zero-order valence-corrected chi connectivity index (χ0v) is 14.7. The Balaban J connectivity index is 2.78. The Morgan fingerprint density at radius 1 is 1.52 bits per heavy atom. The van der Waals surface area contributed by atoms with Crippen LogP contribution in [0.4, 0.5) is 0 Å². The summed E-state index contributed by atoms with van der Waals surface area (Å²) in [5.41, 5.74) is 0. The molecule has 0 bridgehead atoms. The van der Waals surface area contributed by atoms with Crippen molar-refractivity contribution < 1.29 is 9.59 Å². The molecule has 0 aliphatic carbocycles. The van der Waals surface area contributed by atoms with Crippen molar-refractivity contribution in [3.05, 3.63) is 19.8 Å². The van der Waals surface area contributed by atoms with E-state index in [2.05, 4.69) is 26.6 Å². The molecule has 0 spiro atoms. The minimum atomic E-state index is -0.675. The van der Waals surface area contributed by atoms with Crippen molar-refractivity contribution in [1.82, 2.24) is 10.6 Å². The summed E-state index contributed by atoms with van der Waals surface area (Å²) in [5, 5.41) is 13.7. The van der Waals surface area contributed by atoms with Gasteiger partial charge in [0.25, 0.3) is 5.91 Å². The molecule has 1 rings (SSSR count). The molecular weight excluding hydrogens is 378 g/mol. The van der Waals surface area contributed by atoms with Gasteiger partial charge in [-0.25, -0.2) is 0 Å². The van der Waals surface area contributed by atoms with Crippen molar-refractivity contribution in [1.29, 1.82) is 5.26 Å². The molecule has 0 fully saturated rings. The summed E-state index contributed by atoms with van der Waals surface area (Å²) in [6.45, 7) is 3.82. The molecule has 5 nitrogen and oxygen atoms in total. The van der Waals surface area contributed by atoms with E-state index in [4.69, 9.17) is 16.9 Å². The summed E-state index contributed by atoms with van der Waals surface area (Å²) in [6, 6.07) is 2.77. The monoisotopic (exact) mass is 391 g/mol. The number of carbonyl (C=O) groups is 2. The molecule has 1 atom stereocenters. The summed E-state index contributed by atoms with van der Waals surface area (Å²) in [6.07, 6.45) is 0.489. The largest absolute Gasteiger partial charge is 0.341 e. The highest BCUT2D eigenvalue weighted by atomic mass is 79.9. The minimum Gasteiger partial charge on any atom is -0.341 e. The number of nitrogens with zero attached hydrogens (tertiary/aromatic N) is 1. The van der Waals surface area contributed by atoms with Crippen LogP contribution < -0.4 is 10.6 Å². The number of hydrogen-bond acceptors (Lipinski definition) is 4. The van der Waals surface area contributed by atoms with Crippen molar-refractivity contribution >= 4 is 50.7 Å². The zero-order chi connectivity index (χ0) is 16.0. The topological polar surface area (TPSA) is 82.0 Å². The van der Waals surface area contributed by atoms with Crippen LogP contribution in [0.5, 0.6) is 0 Å². The normalized spacial score (nSPS) is 11.8. The molecular formula is C13H15BrClN3O2S. The number of thiophene rings is 1. The Morgan fingerprint density at radius 2 is 2.19 bits per heavy atom. The first kappa shape index (κ1) is 18.0. The van der Waals surface area contributed by atoms with Gasteiger partial charge in [-0.3, -0.25) is 9.59 Å². The molecule has 0 saturated carbocycles. The highest BCUT2D eigenvalue weighted by Gasteiger charge is 2.23. The highest BCUT2D eigenvalue weighted by molar-refractivity contribution is 9.10. The van der Waals surface area contributed by atoms with E-state index in [-0.39, 0.29) is 24.3 Å². The van der Waals surface area contributed by atoms with Gasteiger partial charge in [-0.2, -0.15) is 5.26 Å². The number of nitriles is 1. The van der Waals surface area contributed by atoms with Crippen LogP contribution in [0.2, 0.25) is 4.34 Å². The third kappa shape index (κ3) is 5.65. The maximum Gasteiger partial charge on any atom is 0.262 e.